The predicted molar refractivity (Wildman–Crippen MR) is 116 cm³/mol. The number of rotatable bonds is 6. The van der Waals surface area contributed by atoms with Crippen LogP contribution in [0.2, 0.25) is 0 Å². The first kappa shape index (κ1) is 19.2. The molecule has 2 aromatic carbocycles. The summed E-state index contributed by atoms with van der Waals surface area (Å²) >= 11 is 0. The number of nitrogens with one attached hydrogen (secondary N) is 2. The fraction of sp³-hybridized carbons (Fsp3) is 0.0870. The molecule has 0 radical (unpaired) electrons. The lowest BCUT2D eigenvalue weighted by molar-refractivity contribution is -0.119. The maximum atomic E-state index is 12.7. The summed E-state index contributed by atoms with van der Waals surface area (Å²) in [7, 11) is 0. The van der Waals surface area contributed by atoms with Crippen molar-refractivity contribution >= 4 is 23.0 Å². The van der Waals surface area contributed by atoms with Crippen molar-refractivity contribution in [2.75, 3.05) is 10.6 Å². The van der Waals surface area contributed by atoms with E-state index in [4.69, 9.17) is 4.42 Å². The molecule has 0 aliphatic carbocycles. The van der Waals surface area contributed by atoms with E-state index in [0.29, 0.717) is 17.1 Å². The molecular weight excluding hydrogens is 380 g/mol. The van der Waals surface area contributed by atoms with E-state index < -0.39 is 6.04 Å². The third kappa shape index (κ3) is 4.30. The summed E-state index contributed by atoms with van der Waals surface area (Å²) in [4.78, 5) is 24.9. The lowest BCUT2D eigenvalue weighted by Crippen LogP contribution is -2.33. The smallest absolute Gasteiger partial charge is 0.267 e. The number of carbonyl (C=O) groups excluding carboxylic acids is 1. The zero-order valence-corrected chi connectivity index (χ0v) is 16.3. The Labute approximate surface area is 173 Å². The lowest BCUT2D eigenvalue weighted by Gasteiger charge is -2.15. The molecule has 150 valence electrons. The van der Waals surface area contributed by atoms with E-state index >= 15 is 0 Å². The summed E-state index contributed by atoms with van der Waals surface area (Å²) in [5.41, 5.74) is 2.62. The molecule has 2 N–H and O–H groups in total. The van der Waals surface area contributed by atoms with Crippen molar-refractivity contribution < 1.29 is 9.21 Å². The van der Waals surface area contributed by atoms with Gasteiger partial charge in [0.1, 0.15) is 11.7 Å². The number of aromatic nitrogens is 2. The Morgan fingerprint density at radius 2 is 1.60 bits per heavy atom. The molecule has 2 aromatic heterocycles. The van der Waals surface area contributed by atoms with Crippen LogP contribution in [0.5, 0.6) is 0 Å². The highest BCUT2D eigenvalue weighted by Gasteiger charge is 2.18. The second-order valence-electron chi connectivity index (χ2n) is 6.71. The summed E-state index contributed by atoms with van der Waals surface area (Å²) in [5, 5.41) is 10.4. The first-order valence-electron chi connectivity index (χ1n) is 9.47. The molecule has 0 saturated carbocycles. The Morgan fingerprint density at radius 1 is 0.900 bits per heavy atom. The van der Waals surface area contributed by atoms with Crippen LogP contribution in [0.25, 0.3) is 11.5 Å². The Hall–Kier alpha value is -4.13. The minimum absolute atomic E-state index is 0.343. The molecule has 30 heavy (non-hydrogen) atoms. The van der Waals surface area contributed by atoms with Crippen molar-refractivity contribution in [2.45, 2.75) is 13.0 Å². The van der Waals surface area contributed by atoms with Gasteiger partial charge in [0.2, 0.25) is 5.91 Å². The SMILES string of the molecule is CC(C(=O)Nc1ccc(Nc2ccccc2)cc1)n1nc(-c2ccco2)ccc1=O. The molecular formula is C23H20N4O3. The molecule has 4 rings (SSSR count). The van der Waals surface area contributed by atoms with E-state index in [-0.39, 0.29) is 11.5 Å². The van der Waals surface area contributed by atoms with Crippen LogP contribution in [0.4, 0.5) is 17.1 Å². The van der Waals surface area contributed by atoms with Gasteiger partial charge in [0.05, 0.1) is 6.26 Å². The summed E-state index contributed by atoms with van der Waals surface area (Å²) < 4.78 is 6.47. The van der Waals surface area contributed by atoms with Crippen molar-refractivity contribution in [1.29, 1.82) is 0 Å². The van der Waals surface area contributed by atoms with Crippen LogP contribution in [0.1, 0.15) is 13.0 Å². The summed E-state index contributed by atoms with van der Waals surface area (Å²) in [6.07, 6.45) is 1.53. The topological polar surface area (TPSA) is 89.2 Å². The molecule has 0 saturated heterocycles. The molecule has 1 atom stereocenters. The molecule has 7 nitrogen and oxygen atoms in total. The van der Waals surface area contributed by atoms with Gasteiger partial charge in [-0.2, -0.15) is 5.10 Å². The van der Waals surface area contributed by atoms with E-state index in [1.165, 1.54) is 12.3 Å². The number of amides is 1. The highest BCUT2D eigenvalue weighted by Crippen LogP contribution is 2.20. The molecule has 7 heteroatoms. The maximum absolute atomic E-state index is 12.7. The summed E-state index contributed by atoms with van der Waals surface area (Å²) in [6, 6.07) is 22.8. The van der Waals surface area contributed by atoms with E-state index in [1.807, 2.05) is 42.5 Å². The van der Waals surface area contributed by atoms with Gasteiger partial charge in [0, 0.05) is 23.1 Å². The Morgan fingerprint density at radius 3 is 2.30 bits per heavy atom. The van der Waals surface area contributed by atoms with Gasteiger partial charge in [-0.25, -0.2) is 4.68 Å². The lowest BCUT2D eigenvalue weighted by atomic mass is 10.2. The number of para-hydroxylation sites is 1. The number of carbonyl (C=O) groups is 1. The van der Waals surface area contributed by atoms with Crippen LogP contribution in [0.3, 0.4) is 0 Å². The minimum Gasteiger partial charge on any atom is -0.463 e. The van der Waals surface area contributed by atoms with Gasteiger partial charge in [-0.1, -0.05) is 18.2 Å². The number of hydrogen-bond acceptors (Lipinski definition) is 5. The van der Waals surface area contributed by atoms with Crippen molar-refractivity contribution in [1.82, 2.24) is 9.78 Å². The fourth-order valence-corrected chi connectivity index (χ4v) is 2.94. The third-order valence-corrected chi connectivity index (χ3v) is 4.56. The van der Waals surface area contributed by atoms with Gasteiger partial charge >= 0.3 is 0 Å². The highest BCUT2D eigenvalue weighted by atomic mass is 16.3. The minimum atomic E-state index is -0.797. The fourth-order valence-electron chi connectivity index (χ4n) is 2.94. The Balaban J connectivity index is 1.46. The quantitative estimate of drug-likeness (QED) is 0.499. The number of benzene rings is 2. The van der Waals surface area contributed by atoms with Crippen LogP contribution in [-0.4, -0.2) is 15.7 Å². The van der Waals surface area contributed by atoms with Crippen molar-refractivity contribution in [2.24, 2.45) is 0 Å². The number of anilines is 3. The highest BCUT2D eigenvalue weighted by molar-refractivity contribution is 5.93. The average Bonchev–Trinajstić information content (AvgIpc) is 3.31. The van der Waals surface area contributed by atoms with Gasteiger partial charge in [0.15, 0.2) is 5.76 Å². The first-order chi connectivity index (χ1) is 14.6. The van der Waals surface area contributed by atoms with Crippen molar-refractivity contribution in [3.05, 3.63) is 95.5 Å². The zero-order valence-electron chi connectivity index (χ0n) is 16.3. The molecule has 0 spiro atoms. The van der Waals surface area contributed by atoms with Crippen LogP contribution in [-0.2, 0) is 4.79 Å². The molecule has 1 unspecified atom stereocenters. The molecule has 0 aliphatic rings. The number of hydrogen-bond donors (Lipinski definition) is 2. The Bertz CT molecular complexity index is 1180. The van der Waals surface area contributed by atoms with Crippen LogP contribution < -0.4 is 16.2 Å². The molecule has 0 fully saturated rings. The molecule has 1 amide bonds. The van der Waals surface area contributed by atoms with Gasteiger partial charge < -0.3 is 15.1 Å². The molecule has 2 heterocycles. The van der Waals surface area contributed by atoms with Gasteiger partial charge in [0.25, 0.3) is 5.56 Å². The largest absolute Gasteiger partial charge is 0.463 e. The first-order valence-corrected chi connectivity index (χ1v) is 9.47. The normalized spacial score (nSPS) is 11.6. The number of nitrogens with zero attached hydrogens (tertiary/aromatic N) is 2. The van der Waals surface area contributed by atoms with Crippen molar-refractivity contribution in [3.8, 4) is 11.5 Å². The molecule has 0 bridgehead atoms. The third-order valence-electron chi connectivity index (χ3n) is 4.56. The maximum Gasteiger partial charge on any atom is 0.267 e. The van der Waals surface area contributed by atoms with Crippen molar-refractivity contribution in [3.63, 3.8) is 0 Å². The van der Waals surface area contributed by atoms with Gasteiger partial charge in [-0.3, -0.25) is 9.59 Å². The molecule has 0 aliphatic heterocycles. The molecule has 4 aromatic rings. The van der Waals surface area contributed by atoms with E-state index in [1.54, 1.807) is 37.3 Å². The van der Waals surface area contributed by atoms with E-state index in [2.05, 4.69) is 15.7 Å². The van der Waals surface area contributed by atoms with E-state index in [9.17, 15) is 9.59 Å². The monoisotopic (exact) mass is 400 g/mol. The van der Waals surface area contributed by atoms with E-state index in [0.717, 1.165) is 16.1 Å². The summed E-state index contributed by atoms with van der Waals surface area (Å²) in [6.45, 7) is 1.63. The predicted octanol–water partition coefficient (Wildman–Crippen LogP) is 4.45. The zero-order chi connectivity index (χ0) is 20.9. The van der Waals surface area contributed by atoms with Crippen LogP contribution in [0.15, 0.2) is 94.3 Å². The Kier molecular flexibility index (Phi) is 5.43. The summed E-state index contributed by atoms with van der Waals surface area (Å²) in [5.74, 6) is 0.183. The van der Waals surface area contributed by atoms with Gasteiger partial charge in [-0.15, -0.1) is 0 Å². The standard InChI is InChI=1S/C23H20N4O3/c1-16(27-22(28)14-13-20(26-27)21-8-5-15-30-21)23(29)25-19-11-9-18(10-12-19)24-17-6-3-2-4-7-17/h2-16,24H,1H3,(H,25,29). The average molecular weight is 400 g/mol. The van der Waals surface area contributed by atoms with Gasteiger partial charge in [-0.05, 0) is 61.5 Å². The van der Waals surface area contributed by atoms with Crippen LogP contribution in [0, 0.1) is 0 Å². The number of furan rings is 1. The second kappa shape index (κ2) is 8.48. The van der Waals surface area contributed by atoms with Crippen LogP contribution >= 0.6 is 0 Å². The second-order valence-corrected chi connectivity index (χ2v) is 6.71.